The molecule has 0 aliphatic carbocycles. The van der Waals surface area contributed by atoms with Crippen molar-refractivity contribution in [1.29, 1.82) is 0 Å². The summed E-state index contributed by atoms with van der Waals surface area (Å²) < 4.78 is 6.36. The summed E-state index contributed by atoms with van der Waals surface area (Å²) in [5, 5.41) is 5.62. The van der Waals surface area contributed by atoms with Gasteiger partial charge in [-0.3, -0.25) is 0 Å². The second kappa shape index (κ2) is 5.85. The average Bonchev–Trinajstić information content (AvgIpc) is 3.10. The molecule has 2 nitrogen and oxygen atoms in total. The summed E-state index contributed by atoms with van der Waals surface area (Å²) in [5.41, 5.74) is 2.34. The van der Waals surface area contributed by atoms with Crippen LogP contribution in [-0.2, 0) is 0 Å². The summed E-state index contributed by atoms with van der Waals surface area (Å²) in [4.78, 5) is 1.26. The van der Waals surface area contributed by atoms with E-state index in [1.807, 2.05) is 18.2 Å². The topological polar surface area (TPSA) is 25.2 Å². The van der Waals surface area contributed by atoms with E-state index in [9.17, 15) is 0 Å². The molecule has 0 amide bonds. The molecule has 0 aliphatic rings. The maximum atomic E-state index is 5.60. The lowest BCUT2D eigenvalue weighted by Crippen LogP contribution is -2.06. The molecule has 0 radical (unpaired) electrons. The van der Waals surface area contributed by atoms with Gasteiger partial charge in [0.25, 0.3) is 0 Å². The van der Waals surface area contributed by atoms with Gasteiger partial charge in [0.05, 0.1) is 6.04 Å². The third-order valence-corrected chi connectivity index (χ3v) is 4.44. The Morgan fingerprint density at radius 1 is 1.10 bits per heavy atom. The van der Waals surface area contributed by atoms with Gasteiger partial charge in [-0.25, -0.2) is 0 Å². The average molecular weight is 348 g/mol. The zero-order valence-electron chi connectivity index (χ0n) is 11.0. The molecule has 1 N–H and O–H groups in total. The van der Waals surface area contributed by atoms with Gasteiger partial charge >= 0.3 is 0 Å². The Hall–Kier alpha value is -1.52. The van der Waals surface area contributed by atoms with E-state index in [1.165, 1.54) is 10.4 Å². The van der Waals surface area contributed by atoms with Crippen LogP contribution >= 0.6 is 27.3 Å². The van der Waals surface area contributed by atoms with Crippen LogP contribution in [0.25, 0.3) is 10.4 Å². The summed E-state index contributed by atoms with van der Waals surface area (Å²) >= 11 is 5.09. The van der Waals surface area contributed by atoms with Gasteiger partial charge in [0.2, 0.25) is 0 Å². The number of nitrogens with one attached hydrogen (secondary N) is 1. The molecule has 3 aromatic rings. The van der Waals surface area contributed by atoms with Crippen molar-refractivity contribution in [3.05, 3.63) is 64.3 Å². The van der Waals surface area contributed by atoms with Crippen LogP contribution in [0.5, 0.6) is 0 Å². The Bertz CT molecular complexity index is 690. The first-order valence-corrected chi connectivity index (χ1v) is 8.06. The molecule has 102 valence electrons. The number of hydrogen-bond donors (Lipinski definition) is 1. The molecule has 1 unspecified atom stereocenters. The predicted octanol–water partition coefficient (Wildman–Crippen LogP) is 5.94. The Labute approximate surface area is 130 Å². The largest absolute Gasteiger partial charge is 0.452 e. The number of thiophene rings is 1. The van der Waals surface area contributed by atoms with E-state index in [0.717, 1.165) is 16.1 Å². The minimum absolute atomic E-state index is 0.113. The van der Waals surface area contributed by atoms with Crippen LogP contribution in [0.1, 0.15) is 18.7 Å². The molecule has 1 atom stereocenters. The molecule has 0 fully saturated rings. The zero-order valence-corrected chi connectivity index (χ0v) is 13.4. The van der Waals surface area contributed by atoms with Crippen molar-refractivity contribution >= 4 is 33.0 Å². The first-order chi connectivity index (χ1) is 9.74. The van der Waals surface area contributed by atoms with Crippen LogP contribution in [0.3, 0.4) is 0 Å². The lowest BCUT2D eigenvalue weighted by Gasteiger charge is -2.16. The van der Waals surface area contributed by atoms with E-state index in [0.29, 0.717) is 0 Å². The number of hydrogen-bond acceptors (Lipinski definition) is 3. The third-order valence-electron chi connectivity index (χ3n) is 3.11. The van der Waals surface area contributed by atoms with Crippen molar-refractivity contribution in [2.45, 2.75) is 13.0 Å². The lowest BCUT2D eigenvalue weighted by molar-refractivity contribution is 0.471. The standard InChI is InChI=1S/C16H14BrNOS/c1-11(14-8-9-16(17)19-14)18-13-6-3-2-5-12(13)15-7-4-10-20-15/h2-11,18H,1H3. The number of rotatable bonds is 4. The van der Waals surface area contributed by atoms with Crippen LogP contribution in [0, 0.1) is 0 Å². The van der Waals surface area contributed by atoms with Crippen LogP contribution < -0.4 is 5.32 Å². The quantitative estimate of drug-likeness (QED) is 0.631. The zero-order chi connectivity index (χ0) is 13.9. The summed E-state index contributed by atoms with van der Waals surface area (Å²) in [6, 6.07) is 16.6. The van der Waals surface area contributed by atoms with Crippen LogP contribution in [0.4, 0.5) is 5.69 Å². The monoisotopic (exact) mass is 347 g/mol. The minimum atomic E-state index is 0.113. The molecule has 1 aromatic carbocycles. The molecule has 3 rings (SSSR count). The lowest BCUT2D eigenvalue weighted by atomic mass is 10.1. The van der Waals surface area contributed by atoms with E-state index < -0.39 is 0 Å². The molecule has 20 heavy (non-hydrogen) atoms. The molecule has 2 aromatic heterocycles. The normalized spacial score (nSPS) is 12.3. The highest BCUT2D eigenvalue weighted by Crippen LogP contribution is 2.33. The van der Waals surface area contributed by atoms with Crippen molar-refractivity contribution in [2.24, 2.45) is 0 Å². The molecule has 0 spiro atoms. The van der Waals surface area contributed by atoms with Crippen molar-refractivity contribution < 1.29 is 4.42 Å². The van der Waals surface area contributed by atoms with Gasteiger partial charge in [-0.2, -0.15) is 0 Å². The fourth-order valence-corrected chi connectivity index (χ4v) is 3.21. The Morgan fingerprint density at radius 2 is 1.95 bits per heavy atom. The second-order valence-electron chi connectivity index (χ2n) is 4.53. The maximum absolute atomic E-state index is 5.60. The molecular weight excluding hydrogens is 334 g/mol. The van der Waals surface area contributed by atoms with Crippen molar-refractivity contribution in [1.82, 2.24) is 0 Å². The highest BCUT2D eigenvalue weighted by molar-refractivity contribution is 9.10. The fraction of sp³-hybridized carbons (Fsp3) is 0.125. The summed E-state index contributed by atoms with van der Waals surface area (Å²) in [5.74, 6) is 0.915. The molecule has 0 saturated carbocycles. The van der Waals surface area contributed by atoms with E-state index >= 15 is 0 Å². The van der Waals surface area contributed by atoms with Crippen molar-refractivity contribution in [3.63, 3.8) is 0 Å². The van der Waals surface area contributed by atoms with E-state index in [-0.39, 0.29) is 6.04 Å². The van der Waals surface area contributed by atoms with Gasteiger partial charge in [-0.15, -0.1) is 11.3 Å². The Balaban J connectivity index is 1.88. The number of furan rings is 1. The molecule has 0 aliphatic heterocycles. The van der Waals surface area contributed by atoms with Crippen LogP contribution in [0.2, 0.25) is 0 Å². The molecule has 4 heteroatoms. The maximum Gasteiger partial charge on any atom is 0.169 e. The van der Waals surface area contributed by atoms with Crippen molar-refractivity contribution in [3.8, 4) is 10.4 Å². The Kier molecular flexibility index (Phi) is 3.94. The smallest absolute Gasteiger partial charge is 0.169 e. The molecule has 2 heterocycles. The Morgan fingerprint density at radius 3 is 2.65 bits per heavy atom. The van der Waals surface area contributed by atoms with Gasteiger partial charge in [-0.05, 0) is 52.5 Å². The molecular formula is C16H14BrNOS. The third kappa shape index (κ3) is 2.81. The van der Waals surface area contributed by atoms with Crippen molar-refractivity contribution in [2.75, 3.05) is 5.32 Å². The van der Waals surface area contributed by atoms with E-state index in [1.54, 1.807) is 11.3 Å². The van der Waals surface area contributed by atoms with Gasteiger partial charge in [0.1, 0.15) is 5.76 Å². The summed E-state index contributed by atoms with van der Waals surface area (Å²) in [6.07, 6.45) is 0. The predicted molar refractivity (Wildman–Crippen MR) is 88.2 cm³/mol. The van der Waals surface area contributed by atoms with Gasteiger partial charge in [0, 0.05) is 16.1 Å². The first kappa shape index (κ1) is 13.5. The number of halogens is 1. The molecule has 0 bridgehead atoms. The van der Waals surface area contributed by atoms with Gasteiger partial charge in [-0.1, -0.05) is 24.3 Å². The fourth-order valence-electron chi connectivity index (χ4n) is 2.12. The van der Waals surface area contributed by atoms with Gasteiger partial charge < -0.3 is 9.73 Å². The number of anilines is 1. The number of para-hydroxylation sites is 1. The SMILES string of the molecule is CC(Nc1ccccc1-c1cccs1)c1ccc(Br)o1. The minimum Gasteiger partial charge on any atom is -0.452 e. The highest BCUT2D eigenvalue weighted by Gasteiger charge is 2.12. The second-order valence-corrected chi connectivity index (χ2v) is 6.26. The summed E-state index contributed by atoms with van der Waals surface area (Å²) in [7, 11) is 0. The van der Waals surface area contributed by atoms with Crippen LogP contribution in [0.15, 0.2) is 63.0 Å². The summed E-state index contributed by atoms with van der Waals surface area (Å²) in [6.45, 7) is 2.09. The van der Waals surface area contributed by atoms with Gasteiger partial charge in [0.15, 0.2) is 4.67 Å². The van der Waals surface area contributed by atoms with E-state index in [4.69, 9.17) is 4.42 Å². The molecule has 0 saturated heterocycles. The highest BCUT2D eigenvalue weighted by atomic mass is 79.9. The van der Waals surface area contributed by atoms with E-state index in [2.05, 4.69) is 63.9 Å². The first-order valence-electron chi connectivity index (χ1n) is 6.39. The number of benzene rings is 1. The van der Waals surface area contributed by atoms with Crippen LogP contribution in [-0.4, -0.2) is 0 Å².